The predicted octanol–water partition coefficient (Wildman–Crippen LogP) is 0.571. The van der Waals surface area contributed by atoms with Crippen LogP contribution in [0.5, 0.6) is 5.75 Å². The van der Waals surface area contributed by atoms with Gasteiger partial charge in [0, 0.05) is 19.2 Å². The van der Waals surface area contributed by atoms with Crippen LogP contribution in [0.2, 0.25) is 0 Å². The molecular formula is C13H19N3O3. The molecule has 0 aromatic heterocycles. The molecule has 0 fully saturated rings. The third kappa shape index (κ3) is 3.61. The molecule has 104 valence electrons. The normalized spacial score (nSPS) is 11.7. The summed E-state index contributed by atoms with van der Waals surface area (Å²) in [4.78, 5) is 25.2. The molecule has 0 bridgehead atoms. The number of aromatic hydroxyl groups is 1. The van der Waals surface area contributed by atoms with E-state index in [0.29, 0.717) is 6.54 Å². The van der Waals surface area contributed by atoms with Crippen molar-refractivity contribution in [3.05, 3.63) is 23.8 Å². The molecule has 4 N–H and O–H groups in total. The Morgan fingerprint density at radius 1 is 1.47 bits per heavy atom. The van der Waals surface area contributed by atoms with Crippen LogP contribution in [0.15, 0.2) is 18.2 Å². The molecule has 1 unspecified atom stereocenters. The van der Waals surface area contributed by atoms with Crippen LogP contribution >= 0.6 is 0 Å². The zero-order valence-corrected chi connectivity index (χ0v) is 11.3. The molecule has 0 saturated heterocycles. The highest BCUT2D eigenvalue weighted by atomic mass is 16.3. The molecule has 0 aliphatic heterocycles. The van der Waals surface area contributed by atoms with Crippen molar-refractivity contribution in [3.8, 4) is 5.75 Å². The monoisotopic (exact) mass is 265 g/mol. The van der Waals surface area contributed by atoms with E-state index in [1.165, 1.54) is 23.1 Å². The number of hydrogen-bond donors (Lipinski definition) is 3. The number of benzene rings is 1. The summed E-state index contributed by atoms with van der Waals surface area (Å²) in [7, 11) is 1.67. The zero-order valence-electron chi connectivity index (χ0n) is 11.3. The molecule has 2 amide bonds. The third-order valence-electron chi connectivity index (χ3n) is 2.86. The first-order chi connectivity index (χ1) is 8.86. The van der Waals surface area contributed by atoms with E-state index in [9.17, 15) is 14.7 Å². The van der Waals surface area contributed by atoms with E-state index in [4.69, 9.17) is 5.73 Å². The number of hydrogen-bond acceptors (Lipinski definition) is 4. The number of likely N-dealkylation sites (N-methyl/N-ethyl adjacent to an activating group) is 1. The van der Waals surface area contributed by atoms with E-state index >= 15 is 0 Å². The maximum absolute atomic E-state index is 11.9. The maximum Gasteiger partial charge on any atom is 0.252 e. The fourth-order valence-corrected chi connectivity index (χ4v) is 1.51. The number of nitrogens with zero attached hydrogens (tertiary/aromatic N) is 1. The first kappa shape index (κ1) is 14.8. The molecule has 19 heavy (non-hydrogen) atoms. The average Bonchev–Trinajstić information content (AvgIpc) is 2.39. The summed E-state index contributed by atoms with van der Waals surface area (Å²) in [6, 6.07) is 3.57. The van der Waals surface area contributed by atoms with Crippen LogP contribution in [0.4, 0.5) is 5.69 Å². The molecule has 0 radical (unpaired) electrons. The fourth-order valence-electron chi connectivity index (χ4n) is 1.51. The van der Waals surface area contributed by atoms with Crippen molar-refractivity contribution in [2.75, 3.05) is 19.3 Å². The number of carbonyl (C=O) groups excluding carboxylic acids is 2. The van der Waals surface area contributed by atoms with Gasteiger partial charge in [0.15, 0.2) is 0 Å². The van der Waals surface area contributed by atoms with Gasteiger partial charge in [-0.2, -0.15) is 0 Å². The minimum atomic E-state index is -0.628. The number of nitrogen functional groups attached to an aromatic ring is 1. The van der Waals surface area contributed by atoms with Gasteiger partial charge < -0.3 is 21.1 Å². The van der Waals surface area contributed by atoms with Crippen LogP contribution in [0, 0.1) is 0 Å². The first-order valence-corrected chi connectivity index (χ1v) is 6.01. The second-order valence-electron chi connectivity index (χ2n) is 4.32. The average molecular weight is 265 g/mol. The van der Waals surface area contributed by atoms with Crippen molar-refractivity contribution in [3.63, 3.8) is 0 Å². The number of rotatable bonds is 4. The van der Waals surface area contributed by atoms with Crippen LogP contribution in [-0.4, -0.2) is 41.5 Å². The lowest BCUT2D eigenvalue weighted by molar-refractivity contribution is -0.131. The summed E-state index contributed by atoms with van der Waals surface area (Å²) in [6.07, 6.45) is 0. The Hall–Kier alpha value is -2.24. The van der Waals surface area contributed by atoms with Crippen molar-refractivity contribution in [2.45, 2.75) is 19.9 Å². The van der Waals surface area contributed by atoms with Crippen molar-refractivity contribution < 1.29 is 14.7 Å². The zero-order chi connectivity index (χ0) is 14.6. The number of phenolic OH excluding ortho intramolecular Hbond substituents is 1. The smallest absolute Gasteiger partial charge is 0.252 e. The number of carbonyl (C=O) groups is 2. The van der Waals surface area contributed by atoms with Crippen molar-refractivity contribution in [2.24, 2.45) is 0 Å². The summed E-state index contributed by atoms with van der Waals surface area (Å²) < 4.78 is 0. The van der Waals surface area contributed by atoms with Gasteiger partial charge in [-0.1, -0.05) is 0 Å². The molecule has 1 aromatic rings. The van der Waals surface area contributed by atoms with E-state index in [1.807, 2.05) is 6.92 Å². The highest BCUT2D eigenvalue weighted by Crippen LogP contribution is 2.20. The minimum Gasteiger partial charge on any atom is -0.506 e. The van der Waals surface area contributed by atoms with E-state index < -0.39 is 11.9 Å². The summed E-state index contributed by atoms with van der Waals surface area (Å²) in [5.74, 6) is -0.756. The molecule has 6 nitrogen and oxygen atoms in total. The van der Waals surface area contributed by atoms with Crippen LogP contribution in [0.3, 0.4) is 0 Å². The lowest BCUT2D eigenvalue weighted by atomic mass is 10.1. The predicted molar refractivity (Wildman–Crippen MR) is 72.8 cm³/mol. The van der Waals surface area contributed by atoms with Gasteiger partial charge in [-0.15, -0.1) is 0 Å². The molecule has 6 heteroatoms. The summed E-state index contributed by atoms with van der Waals surface area (Å²) in [5, 5.41) is 12.0. The molecule has 0 aliphatic carbocycles. The van der Waals surface area contributed by atoms with Gasteiger partial charge >= 0.3 is 0 Å². The second-order valence-corrected chi connectivity index (χ2v) is 4.32. The van der Waals surface area contributed by atoms with Crippen LogP contribution in [-0.2, 0) is 4.79 Å². The molecule has 0 spiro atoms. The van der Waals surface area contributed by atoms with E-state index in [2.05, 4.69) is 5.32 Å². The lowest BCUT2D eigenvalue weighted by Crippen LogP contribution is -2.45. The van der Waals surface area contributed by atoms with E-state index in [0.717, 1.165) is 0 Å². The highest BCUT2D eigenvalue weighted by Gasteiger charge is 2.19. The van der Waals surface area contributed by atoms with Crippen molar-refractivity contribution >= 4 is 17.5 Å². The minimum absolute atomic E-state index is 0.155. The fraction of sp³-hybridized carbons (Fsp3) is 0.385. The molecule has 1 atom stereocenters. The summed E-state index contributed by atoms with van der Waals surface area (Å²) in [6.45, 7) is 4.04. The van der Waals surface area contributed by atoms with Gasteiger partial charge in [0.05, 0.1) is 5.69 Å². The SMILES string of the molecule is CCN(C)C(=O)C(C)NC(=O)c1ccc(N)c(O)c1. The Morgan fingerprint density at radius 2 is 2.11 bits per heavy atom. The largest absolute Gasteiger partial charge is 0.506 e. The standard InChI is InChI=1S/C13H19N3O3/c1-4-16(3)13(19)8(2)15-12(18)9-5-6-10(14)11(17)7-9/h5-8,17H,4,14H2,1-3H3,(H,15,18). The van der Waals surface area contributed by atoms with E-state index in [-0.39, 0.29) is 22.9 Å². The molecule has 1 rings (SSSR count). The summed E-state index contributed by atoms with van der Waals surface area (Å²) in [5.41, 5.74) is 5.91. The van der Waals surface area contributed by atoms with Gasteiger partial charge in [-0.25, -0.2) is 0 Å². The Morgan fingerprint density at radius 3 is 2.63 bits per heavy atom. The van der Waals surface area contributed by atoms with Gasteiger partial charge in [0.2, 0.25) is 5.91 Å². The number of nitrogens with two attached hydrogens (primary N) is 1. The Bertz CT molecular complexity index is 488. The van der Waals surface area contributed by atoms with Gasteiger partial charge in [-0.3, -0.25) is 9.59 Å². The Labute approximate surface area is 112 Å². The lowest BCUT2D eigenvalue weighted by Gasteiger charge is -2.20. The number of phenols is 1. The Balaban J connectivity index is 2.74. The van der Waals surface area contributed by atoms with E-state index in [1.54, 1.807) is 14.0 Å². The highest BCUT2D eigenvalue weighted by molar-refractivity contribution is 5.98. The van der Waals surface area contributed by atoms with Crippen LogP contribution < -0.4 is 11.1 Å². The molecule has 1 aromatic carbocycles. The number of anilines is 1. The third-order valence-corrected chi connectivity index (χ3v) is 2.86. The van der Waals surface area contributed by atoms with Crippen LogP contribution in [0.25, 0.3) is 0 Å². The molecule has 0 aliphatic rings. The summed E-state index contributed by atoms with van der Waals surface area (Å²) >= 11 is 0. The van der Waals surface area contributed by atoms with Crippen molar-refractivity contribution in [1.82, 2.24) is 10.2 Å². The van der Waals surface area contributed by atoms with Crippen molar-refractivity contribution in [1.29, 1.82) is 0 Å². The van der Waals surface area contributed by atoms with Gasteiger partial charge in [-0.05, 0) is 32.0 Å². The first-order valence-electron chi connectivity index (χ1n) is 6.01. The maximum atomic E-state index is 11.9. The van der Waals surface area contributed by atoms with Gasteiger partial charge in [0.1, 0.15) is 11.8 Å². The van der Waals surface area contributed by atoms with Crippen LogP contribution in [0.1, 0.15) is 24.2 Å². The molecule has 0 saturated carbocycles. The van der Waals surface area contributed by atoms with Gasteiger partial charge in [0.25, 0.3) is 5.91 Å². The topological polar surface area (TPSA) is 95.7 Å². The number of amides is 2. The Kier molecular flexibility index (Phi) is 4.74. The molecule has 0 heterocycles. The molecular weight excluding hydrogens is 246 g/mol. The quantitative estimate of drug-likeness (QED) is 0.548. The number of nitrogens with one attached hydrogen (secondary N) is 1. The second kappa shape index (κ2) is 6.08.